The highest BCUT2D eigenvalue weighted by atomic mass is 19.4. The molecule has 0 fully saturated rings. The largest absolute Gasteiger partial charge is 0.416 e. The van der Waals surface area contributed by atoms with Crippen molar-refractivity contribution in [3.63, 3.8) is 0 Å². The zero-order valence-electron chi connectivity index (χ0n) is 10.0. The lowest BCUT2D eigenvalue weighted by Gasteiger charge is -2.21. The van der Waals surface area contributed by atoms with Crippen molar-refractivity contribution in [3.05, 3.63) is 35.1 Å². The van der Waals surface area contributed by atoms with Crippen LogP contribution >= 0.6 is 0 Å². The van der Waals surface area contributed by atoms with Crippen LogP contribution in [0.15, 0.2) is 18.2 Å². The first-order chi connectivity index (χ1) is 8.40. The molecular formula is C12H16F4N2. The Morgan fingerprint density at radius 3 is 2.50 bits per heavy atom. The Kier molecular flexibility index (Phi) is 5.10. The third-order valence-corrected chi connectivity index (χ3v) is 2.74. The molecule has 0 bridgehead atoms. The van der Waals surface area contributed by atoms with Gasteiger partial charge >= 0.3 is 6.18 Å². The standard InChI is InChI=1S/C12H16F4N2/c1-2-3-4-11(18-17)9-7-8(13)5-6-10(9)12(14,15)16/h5-7,11,18H,2-4,17H2,1H3. The monoisotopic (exact) mass is 264 g/mol. The van der Waals surface area contributed by atoms with E-state index in [0.29, 0.717) is 12.8 Å². The maximum absolute atomic E-state index is 13.1. The minimum atomic E-state index is -4.51. The van der Waals surface area contributed by atoms with Crippen LogP contribution < -0.4 is 11.3 Å². The Labute approximate surface area is 103 Å². The minimum absolute atomic E-state index is 0.140. The fourth-order valence-corrected chi connectivity index (χ4v) is 1.82. The Balaban J connectivity index is 3.14. The van der Waals surface area contributed by atoms with E-state index in [2.05, 4.69) is 5.43 Å². The van der Waals surface area contributed by atoms with Crippen molar-refractivity contribution in [3.8, 4) is 0 Å². The lowest BCUT2D eigenvalue weighted by molar-refractivity contribution is -0.138. The average molecular weight is 264 g/mol. The van der Waals surface area contributed by atoms with E-state index in [1.165, 1.54) is 0 Å². The second kappa shape index (κ2) is 6.15. The zero-order valence-corrected chi connectivity index (χ0v) is 10.0. The minimum Gasteiger partial charge on any atom is -0.271 e. The van der Waals surface area contributed by atoms with Gasteiger partial charge in [-0.05, 0) is 30.2 Å². The first-order valence-corrected chi connectivity index (χ1v) is 5.73. The summed E-state index contributed by atoms with van der Waals surface area (Å²) in [5.41, 5.74) is 1.34. The van der Waals surface area contributed by atoms with Crippen LogP contribution in [0.1, 0.15) is 43.4 Å². The summed E-state index contributed by atoms with van der Waals surface area (Å²) in [6, 6.07) is 1.75. The SMILES string of the molecule is CCCCC(NN)c1cc(F)ccc1C(F)(F)F. The van der Waals surface area contributed by atoms with E-state index >= 15 is 0 Å². The third kappa shape index (κ3) is 3.68. The summed E-state index contributed by atoms with van der Waals surface area (Å²) in [4.78, 5) is 0. The molecule has 1 rings (SSSR count). The van der Waals surface area contributed by atoms with E-state index in [1.54, 1.807) is 0 Å². The third-order valence-electron chi connectivity index (χ3n) is 2.74. The van der Waals surface area contributed by atoms with Crippen LogP contribution in [0.3, 0.4) is 0 Å². The van der Waals surface area contributed by atoms with Crippen molar-refractivity contribution in [2.75, 3.05) is 0 Å². The van der Waals surface area contributed by atoms with Crippen molar-refractivity contribution in [1.29, 1.82) is 0 Å². The predicted molar refractivity (Wildman–Crippen MR) is 61.0 cm³/mol. The number of nitrogens with two attached hydrogens (primary N) is 1. The number of hydrogen-bond acceptors (Lipinski definition) is 2. The van der Waals surface area contributed by atoms with Gasteiger partial charge in [0.25, 0.3) is 0 Å². The highest BCUT2D eigenvalue weighted by Gasteiger charge is 2.35. The van der Waals surface area contributed by atoms with Gasteiger partial charge in [-0.3, -0.25) is 11.3 Å². The number of alkyl halides is 3. The molecule has 6 heteroatoms. The number of hydrogen-bond donors (Lipinski definition) is 2. The van der Waals surface area contributed by atoms with Crippen LogP contribution in [0, 0.1) is 5.82 Å². The van der Waals surface area contributed by atoms with Crippen LogP contribution in [0.4, 0.5) is 17.6 Å². The Hall–Kier alpha value is -1.14. The predicted octanol–water partition coefficient (Wildman–Crippen LogP) is 3.54. The van der Waals surface area contributed by atoms with Crippen molar-refractivity contribution >= 4 is 0 Å². The molecule has 1 atom stereocenters. The molecule has 102 valence electrons. The second-order valence-corrected chi connectivity index (χ2v) is 4.09. The fourth-order valence-electron chi connectivity index (χ4n) is 1.82. The van der Waals surface area contributed by atoms with Crippen molar-refractivity contribution in [2.24, 2.45) is 5.84 Å². The number of unbranched alkanes of at least 4 members (excludes halogenated alkanes) is 1. The molecule has 0 aliphatic carbocycles. The van der Waals surface area contributed by atoms with Gasteiger partial charge in [-0.1, -0.05) is 19.8 Å². The van der Waals surface area contributed by atoms with Gasteiger partial charge in [-0.25, -0.2) is 4.39 Å². The van der Waals surface area contributed by atoms with Crippen LogP contribution in [-0.2, 0) is 6.18 Å². The van der Waals surface area contributed by atoms with Crippen molar-refractivity contribution < 1.29 is 17.6 Å². The molecule has 1 unspecified atom stereocenters. The molecule has 0 heterocycles. The van der Waals surface area contributed by atoms with Gasteiger partial charge < -0.3 is 0 Å². The summed E-state index contributed by atoms with van der Waals surface area (Å²) in [5.74, 6) is 4.57. The smallest absolute Gasteiger partial charge is 0.271 e. The second-order valence-electron chi connectivity index (χ2n) is 4.09. The first kappa shape index (κ1) is 14.9. The average Bonchev–Trinajstić information content (AvgIpc) is 2.28. The van der Waals surface area contributed by atoms with Crippen LogP contribution in [0.5, 0.6) is 0 Å². The summed E-state index contributed by atoms with van der Waals surface area (Å²) in [5, 5.41) is 0. The molecule has 0 amide bonds. The van der Waals surface area contributed by atoms with Gasteiger partial charge in [0.15, 0.2) is 0 Å². The molecule has 0 saturated heterocycles. The molecule has 0 aromatic heterocycles. The van der Waals surface area contributed by atoms with Crippen molar-refractivity contribution in [1.82, 2.24) is 5.43 Å². The van der Waals surface area contributed by atoms with Crippen molar-refractivity contribution in [2.45, 2.75) is 38.4 Å². The maximum atomic E-state index is 13.1. The normalized spacial score (nSPS) is 13.7. The molecule has 18 heavy (non-hydrogen) atoms. The Morgan fingerprint density at radius 2 is 2.00 bits per heavy atom. The molecule has 0 aliphatic heterocycles. The quantitative estimate of drug-likeness (QED) is 0.485. The number of hydrazine groups is 1. The molecule has 0 saturated carbocycles. The summed E-state index contributed by atoms with van der Waals surface area (Å²) >= 11 is 0. The van der Waals surface area contributed by atoms with Crippen LogP contribution in [-0.4, -0.2) is 0 Å². The number of rotatable bonds is 5. The molecule has 0 aliphatic rings. The number of halogens is 4. The van der Waals surface area contributed by atoms with E-state index in [4.69, 9.17) is 5.84 Å². The van der Waals surface area contributed by atoms with Gasteiger partial charge in [-0.15, -0.1) is 0 Å². The number of benzene rings is 1. The Bertz CT molecular complexity index is 390. The lowest BCUT2D eigenvalue weighted by atomic mass is 9.96. The van der Waals surface area contributed by atoms with E-state index in [-0.39, 0.29) is 5.56 Å². The summed E-state index contributed by atoms with van der Waals surface area (Å²) in [6.07, 6.45) is -2.54. The van der Waals surface area contributed by atoms with Crippen LogP contribution in [0.2, 0.25) is 0 Å². The molecule has 2 nitrogen and oxygen atoms in total. The first-order valence-electron chi connectivity index (χ1n) is 5.73. The van der Waals surface area contributed by atoms with E-state index < -0.39 is 23.6 Å². The summed E-state index contributed by atoms with van der Waals surface area (Å²) < 4.78 is 51.5. The van der Waals surface area contributed by atoms with Gasteiger partial charge in [0.1, 0.15) is 5.82 Å². The molecule has 0 spiro atoms. The van der Waals surface area contributed by atoms with E-state index in [0.717, 1.165) is 24.6 Å². The highest BCUT2D eigenvalue weighted by Crippen LogP contribution is 2.36. The fraction of sp³-hybridized carbons (Fsp3) is 0.500. The molecule has 1 aromatic carbocycles. The highest BCUT2D eigenvalue weighted by molar-refractivity contribution is 5.33. The molecular weight excluding hydrogens is 248 g/mol. The lowest BCUT2D eigenvalue weighted by Crippen LogP contribution is -2.30. The summed E-state index contributed by atoms with van der Waals surface area (Å²) in [6.45, 7) is 1.92. The van der Waals surface area contributed by atoms with Gasteiger partial charge in [-0.2, -0.15) is 13.2 Å². The number of nitrogens with one attached hydrogen (secondary N) is 1. The molecule has 0 radical (unpaired) electrons. The van der Waals surface area contributed by atoms with Gasteiger partial charge in [0, 0.05) is 6.04 Å². The van der Waals surface area contributed by atoms with Gasteiger partial charge in [0.05, 0.1) is 5.56 Å². The van der Waals surface area contributed by atoms with E-state index in [1.807, 2.05) is 6.92 Å². The molecule has 3 N–H and O–H groups in total. The van der Waals surface area contributed by atoms with Gasteiger partial charge in [0.2, 0.25) is 0 Å². The topological polar surface area (TPSA) is 38.0 Å². The summed E-state index contributed by atoms with van der Waals surface area (Å²) in [7, 11) is 0. The maximum Gasteiger partial charge on any atom is 0.416 e. The Morgan fingerprint density at radius 1 is 1.33 bits per heavy atom. The molecule has 1 aromatic rings. The van der Waals surface area contributed by atoms with Crippen LogP contribution in [0.25, 0.3) is 0 Å². The van der Waals surface area contributed by atoms with E-state index in [9.17, 15) is 17.6 Å². The zero-order chi connectivity index (χ0) is 13.8.